The van der Waals surface area contributed by atoms with Crippen molar-refractivity contribution in [2.75, 3.05) is 27.4 Å². The number of fused-ring (bicyclic) bond motifs is 1. The van der Waals surface area contributed by atoms with Gasteiger partial charge < -0.3 is 19.9 Å². The Morgan fingerprint density at radius 3 is 2.58 bits per heavy atom. The summed E-state index contributed by atoms with van der Waals surface area (Å²) in [7, 11) is 3.06. The van der Waals surface area contributed by atoms with Crippen molar-refractivity contribution >= 4 is 27.5 Å². The second kappa shape index (κ2) is 13.7. The monoisotopic (exact) mass is 617 g/mol. The zero-order valence-electron chi connectivity index (χ0n) is 25.1. The molecule has 0 saturated heterocycles. The van der Waals surface area contributed by atoms with Crippen molar-refractivity contribution in [2.24, 2.45) is 0 Å². The molecule has 0 atom stereocenters. The number of rotatable bonds is 10. The molecule has 2 N–H and O–H groups in total. The number of hydrogen-bond donors (Lipinski definition) is 2. The number of amides is 1. The van der Waals surface area contributed by atoms with Crippen molar-refractivity contribution < 1.29 is 25.2 Å². The van der Waals surface area contributed by atoms with E-state index < -0.39 is 22.6 Å². The molecule has 0 unspecified atom stereocenters. The summed E-state index contributed by atoms with van der Waals surface area (Å²) >= 11 is 1.28. The fourth-order valence-electron chi connectivity index (χ4n) is 4.91. The van der Waals surface area contributed by atoms with Crippen molar-refractivity contribution in [3.8, 4) is 10.8 Å². The third kappa shape index (κ3) is 6.58. The molecule has 5 rings (SSSR count). The first kappa shape index (κ1) is 32.1. The second-order valence-corrected chi connectivity index (χ2v) is 11.8. The molecular weight excluding hydrogens is 577 g/mol. The Balaban J connectivity index is 0.000000817. The van der Waals surface area contributed by atoms with Crippen LogP contribution in [-0.2, 0) is 28.0 Å². The standard InChI is InChI=1S/C27H30FN5O4S.C3H8O2.H2/c1-16-21-22(34)33(27(2,3)25(35)30-19-7-5-8-19)26(36)31(24(21)38-23(16)32-13-6-12-29-32)14-11-17-15-18(28)9-10-20(17)37-4;1-5-3-2-4;/h6,9-10,12-13,15,19H,5,7-8,11,14H2,1-4H3,(H,30,35);4H,2-3H2,1H3;1H. The molecule has 1 saturated carbocycles. The number of ether oxygens (including phenoxy) is 2. The fourth-order valence-corrected chi connectivity index (χ4v) is 6.18. The lowest BCUT2D eigenvalue weighted by Gasteiger charge is -2.32. The highest BCUT2D eigenvalue weighted by Crippen LogP contribution is 2.32. The molecule has 234 valence electrons. The van der Waals surface area contributed by atoms with Crippen LogP contribution in [0.3, 0.4) is 0 Å². The summed E-state index contributed by atoms with van der Waals surface area (Å²) in [5.41, 5.74) is -1.30. The van der Waals surface area contributed by atoms with Crippen LogP contribution in [0.25, 0.3) is 15.2 Å². The molecule has 1 aliphatic rings. The maximum absolute atomic E-state index is 14.0. The number of aryl methyl sites for hydroxylation is 3. The van der Waals surface area contributed by atoms with E-state index in [1.807, 2.05) is 6.92 Å². The summed E-state index contributed by atoms with van der Waals surface area (Å²) in [4.78, 5) is 41.7. The van der Waals surface area contributed by atoms with Crippen LogP contribution in [0.15, 0.2) is 46.2 Å². The third-order valence-electron chi connectivity index (χ3n) is 7.60. The molecular formula is C30H40FN5O6S. The zero-order chi connectivity index (χ0) is 31.3. The van der Waals surface area contributed by atoms with E-state index in [0.717, 1.165) is 23.8 Å². The molecule has 3 aromatic heterocycles. The molecule has 0 bridgehead atoms. The molecule has 0 spiro atoms. The first-order chi connectivity index (χ1) is 20.5. The van der Waals surface area contributed by atoms with Gasteiger partial charge in [-0.05, 0) is 76.3 Å². The summed E-state index contributed by atoms with van der Waals surface area (Å²) in [5, 5.41) is 16.3. The van der Waals surface area contributed by atoms with Crippen LogP contribution in [0.1, 0.15) is 45.7 Å². The molecule has 0 radical (unpaired) electrons. The summed E-state index contributed by atoms with van der Waals surface area (Å²) in [6.45, 7) is 5.70. The molecule has 4 aromatic rings. The highest BCUT2D eigenvalue weighted by atomic mass is 32.1. The van der Waals surface area contributed by atoms with Gasteiger partial charge in [-0.25, -0.2) is 18.4 Å². The molecule has 3 heterocycles. The van der Waals surface area contributed by atoms with Crippen LogP contribution in [0.5, 0.6) is 5.75 Å². The lowest BCUT2D eigenvalue weighted by Crippen LogP contribution is -2.57. The predicted octanol–water partition coefficient (Wildman–Crippen LogP) is 3.38. The Hall–Kier alpha value is -3.81. The summed E-state index contributed by atoms with van der Waals surface area (Å²) in [5.74, 6) is -0.284. The summed E-state index contributed by atoms with van der Waals surface area (Å²) in [6, 6.07) is 6.07. The SMILES string of the molecule is COCCO.COc1ccc(F)cc1CCn1c(=O)n(C(C)(C)C(=O)NC2CCC2)c(=O)c2c(C)c(-n3cccn3)sc21.[HH]. The van der Waals surface area contributed by atoms with Gasteiger partial charge in [-0.15, -0.1) is 0 Å². The number of nitrogens with one attached hydrogen (secondary N) is 1. The molecule has 13 heteroatoms. The molecule has 0 aliphatic heterocycles. The minimum Gasteiger partial charge on any atom is -0.496 e. The summed E-state index contributed by atoms with van der Waals surface area (Å²) < 4.78 is 28.1. The second-order valence-electron chi connectivity index (χ2n) is 10.8. The number of carbonyl (C=O) groups excluding carboxylic acids is 1. The number of thiophene rings is 1. The van der Waals surface area contributed by atoms with E-state index in [4.69, 9.17) is 9.84 Å². The van der Waals surface area contributed by atoms with Crippen LogP contribution < -0.4 is 21.3 Å². The molecule has 1 aromatic carbocycles. The number of hydrogen-bond acceptors (Lipinski definition) is 8. The number of halogens is 1. The van der Waals surface area contributed by atoms with Gasteiger partial charge in [0.05, 0.1) is 25.7 Å². The van der Waals surface area contributed by atoms with Crippen LogP contribution in [0.4, 0.5) is 4.39 Å². The van der Waals surface area contributed by atoms with E-state index in [-0.39, 0.29) is 32.9 Å². The highest BCUT2D eigenvalue weighted by molar-refractivity contribution is 7.21. The van der Waals surface area contributed by atoms with Crippen molar-refractivity contribution in [1.29, 1.82) is 0 Å². The van der Waals surface area contributed by atoms with Gasteiger partial charge in [0.1, 0.15) is 26.9 Å². The van der Waals surface area contributed by atoms with Gasteiger partial charge in [-0.2, -0.15) is 5.10 Å². The maximum Gasteiger partial charge on any atom is 0.333 e. The number of aliphatic hydroxyl groups is 1. The Bertz CT molecular complexity index is 1690. The highest BCUT2D eigenvalue weighted by Gasteiger charge is 2.37. The topological polar surface area (TPSA) is 130 Å². The van der Waals surface area contributed by atoms with Crippen LogP contribution in [-0.4, -0.2) is 63.4 Å². The summed E-state index contributed by atoms with van der Waals surface area (Å²) in [6.07, 6.45) is 6.49. The Kier molecular flexibility index (Phi) is 10.2. The van der Waals surface area contributed by atoms with E-state index in [1.54, 1.807) is 50.2 Å². The quantitative estimate of drug-likeness (QED) is 0.279. The van der Waals surface area contributed by atoms with E-state index in [1.165, 1.54) is 35.1 Å². The minimum absolute atomic E-state index is 0. The minimum atomic E-state index is -1.43. The van der Waals surface area contributed by atoms with Gasteiger partial charge in [0.15, 0.2) is 0 Å². The first-order valence-corrected chi connectivity index (χ1v) is 14.9. The number of methoxy groups -OCH3 is 2. The predicted molar refractivity (Wildman–Crippen MR) is 165 cm³/mol. The lowest BCUT2D eigenvalue weighted by molar-refractivity contribution is -0.130. The van der Waals surface area contributed by atoms with Gasteiger partial charge in [0.25, 0.3) is 5.56 Å². The average Bonchev–Trinajstić information content (AvgIpc) is 3.59. The Morgan fingerprint density at radius 1 is 1.28 bits per heavy atom. The van der Waals surface area contributed by atoms with Crippen LogP contribution in [0.2, 0.25) is 0 Å². The van der Waals surface area contributed by atoms with Crippen molar-refractivity contribution in [3.05, 3.63) is 74.4 Å². The van der Waals surface area contributed by atoms with Gasteiger partial charge in [0.2, 0.25) is 5.91 Å². The van der Waals surface area contributed by atoms with Gasteiger partial charge >= 0.3 is 5.69 Å². The zero-order valence-corrected chi connectivity index (χ0v) is 25.9. The lowest BCUT2D eigenvalue weighted by atomic mass is 9.91. The normalized spacial score (nSPS) is 13.4. The maximum atomic E-state index is 14.0. The van der Waals surface area contributed by atoms with Crippen molar-refractivity contribution in [3.63, 3.8) is 0 Å². The molecule has 1 amide bonds. The van der Waals surface area contributed by atoms with E-state index in [9.17, 15) is 18.8 Å². The number of carbonyl (C=O) groups is 1. The van der Waals surface area contributed by atoms with E-state index in [0.29, 0.717) is 38.7 Å². The number of aliphatic hydroxyl groups excluding tert-OH is 1. The van der Waals surface area contributed by atoms with E-state index >= 15 is 0 Å². The average molecular weight is 618 g/mol. The first-order valence-electron chi connectivity index (χ1n) is 14.1. The van der Waals surface area contributed by atoms with E-state index in [2.05, 4.69) is 15.2 Å². The molecule has 1 aliphatic carbocycles. The van der Waals surface area contributed by atoms with Crippen molar-refractivity contribution in [2.45, 2.75) is 64.6 Å². The van der Waals surface area contributed by atoms with Gasteiger partial charge in [0, 0.05) is 39.1 Å². The van der Waals surface area contributed by atoms with Crippen LogP contribution >= 0.6 is 11.3 Å². The fraction of sp³-hybridized carbons (Fsp3) is 0.467. The number of nitrogens with zero attached hydrogens (tertiary/aromatic N) is 4. The molecule has 1 fully saturated rings. The molecule has 43 heavy (non-hydrogen) atoms. The molecule has 11 nitrogen and oxygen atoms in total. The number of benzene rings is 1. The van der Waals surface area contributed by atoms with Crippen molar-refractivity contribution in [1.82, 2.24) is 24.2 Å². The number of aromatic nitrogens is 4. The Labute approximate surface area is 254 Å². The largest absolute Gasteiger partial charge is 0.496 e. The van der Waals surface area contributed by atoms with Crippen LogP contribution in [0, 0.1) is 12.7 Å². The van der Waals surface area contributed by atoms with Gasteiger partial charge in [-0.3, -0.25) is 14.2 Å². The smallest absolute Gasteiger partial charge is 0.333 e. The third-order valence-corrected chi connectivity index (χ3v) is 8.90. The van der Waals surface area contributed by atoms with Gasteiger partial charge in [-0.1, -0.05) is 11.3 Å². The Morgan fingerprint density at radius 2 is 2.02 bits per heavy atom.